The number of amides is 1. The van der Waals surface area contributed by atoms with Gasteiger partial charge in [0.1, 0.15) is 5.82 Å². The number of nitrogens with zero attached hydrogens (tertiary/aromatic N) is 2. The first-order valence-corrected chi connectivity index (χ1v) is 8.17. The largest absolute Gasteiger partial charge is 0.309 e. The van der Waals surface area contributed by atoms with Gasteiger partial charge in [-0.3, -0.25) is 4.79 Å². The Bertz CT molecular complexity index is 1040. The van der Waals surface area contributed by atoms with E-state index in [2.05, 4.69) is 22.3 Å². The summed E-state index contributed by atoms with van der Waals surface area (Å²) >= 11 is 0. The van der Waals surface area contributed by atoms with Crippen molar-refractivity contribution in [2.45, 2.75) is 19.8 Å². The summed E-state index contributed by atoms with van der Waals surface area (Å²) in [4.78, 5) is 11.9. The van der Waals surface area contributed by atoms with Crippen LogP contribution in [0, 0.1) is 23.6 Å². The Morgan fingerprint density at radius 3 is 2.88 bits per heavy atom. The topological polar surface area (TPSA) is 46.4 Å². The maximum atomic E-state index is 14.2. The third-order valence-electron chi connectivity index (χ3n) is 4.21. The van der Waals surface area contributed by atoms with Gasteiger partial charge in [-0.1, -0.05) is 5.92 Å². The molecule has 1 N–H and O–H groups in total. The van der Waals surface area contributed by atoms with Crippen LogP contribution in [0.1, 0.15) is 25.3 Å². The van der Waals surface area contributed by atoms with E-state index in [1.54, 1.807) is 41.9 Å². The quantitative estimate of drug-likeness (QED) is 0.740. The molecule has 1 aliphatic rings. The number of anilines is 1. The number of benzene rings is 1. The molecule has 2 aromatic heterocycles. The lowest BCUT2D eigenvalue weighted by Crippen LogP contribution is -2.13. The minimum atomic E-state index is -0.298. The number of halogens is 1. The van der Waals surface area contributed by atoms with Crippen molar-refractivity contribution < 1.29 is 9.18 Å². The lowest BCUT2D eigenvalue weighted by molar-refractivity contribution is -0.117. The van der Waals surface area contributed by atoms with E-state index in [1.807, 2.05) is 6.07 Å². The van der Waals surface area contributed by atoms with Crippen molar-refractivity contribution >= 4 is 17.2 Å². The van der Waals surface area contributed by atoms with Gasteiger partial charge in [0.2, 0.25) is 5.91 Å². The minimum Gasteiger partial charge on any atom is -0.309 e. The van der Waals surface area contributed by atoms with Crippen molar-refractivity contribution in [3.05, 3.63) is 54.0 Å². The second kappa shape index (κ2) is 6.06. The van der Waals surface area contributed by atoms with Crippen LogP contribution in [0.15, 0.2) is 42.6 Å². The molecule has 2 heterocycles. The molecule has 0 aliphatic heterocycles. The monoisotopic (exact) mass is 333 g/mol. The SMILES string of the molecule is CC#Cc1ccc(F)c(-c2ccn3nc(NC(=O)C4CC4)cc3c2)c1. The molecule has 1 saturated carbocycles. The first kappa shape index (κ1) is 15.4. The third-order valence-corrected chi connectivity index (χ3v) is 4.21. The van der Waals surface area contributed by atoms with Gasteiger partial charge in [-0.25, -0.2) is 8.91 Å². The molecule has 0 unspecified atom stereocenters. The second-order valence-corrected chi connectivity index (χ2v) is 6.15. The summed E-state index contributed by atoms with van der Waals surface area (Å²) < 4.78 is 15.9. The van der Waals surface area contributed by atoms with E-state index in [1.165, 1.54) is 6.07 Å². The molecule has 5 heteroatoms. The molecular weight excluding hydrogens is 317 g/mol. The molecule has 3 aromatic rings. The summed E-state index contributed by atoms with van der Waals surface area (Å²) in [6, 6.07) is 10.3. The Kier molecular flexibility index (Phi) is 3.73. The van der Waals surface area contributed by atoms with E-state index in [9.17, 15) is 9.18 Å². The van der Waals surface area contributed by atoms with Gasteiger partial charge in [-0.2, -0.15) is 5.10 Å². The fourth-order valence-corrected chi connectivity index (χ4v) is 2.77. The molecule has 0 radical (unpaired) electrons. The molecule has 0 saturated heterocycles. The van der Waals surface area contributed by atoms with E-state index < -0.39 is 0 Å². The Hall–Kier alpha value is -3.13. The Morgan fingerprint density at radius 1 is 1.28 bits per heavy atom. The summed E-state index contributed by atoms with van der Waals surface area (Å²) in [7, 11) is 0. The molecule has 4 rings (SSSR count). The van der Waals surface area contributed by atoms with Crippen molar-refractivity contribution in [1.82, 2.24) is 9.61 Å². The molecular formula is C20H16FN3O. The lowest BCUT2D eigenvalue weighted by atomic mass is 10.0. The maximum Gasteiger partial charge on any atom is 0.228 e. The molecule has 0 bridgehead atoms. The Morgan fingerprint density at radius 2 is 2.12 bits per heavy atom. The average molecular weight is 333 g/mol. The molecule has 0 spiro atoms. The number of hydrogen-bond donors (Lipinski definition) is 1. The average Bonchev–Trinajstić information content (AvgIpc) is 3.37. The summed E-state index contributed by atoms with van der Waals surface area (Å²) in [5.41, 5.74) is 2.79. The minimum absolute atomic E-state index is 0.0144. The van der Waals surface area contributed by atoms with Crippen LogP contribution >= 0.6 is 0 Å². The number of rotatable bonds is 3. The zero-order chi connectivity index (χ0) is 17.4. The first-order valence-electron chi connectivity index (χ1n) is 8.17. The van der Waals surface area contributed by atoms with E-state index >= 15 is 0 Å². The predicted molar refractivity (Wildman–Crippen MR) is 94.5 cm³/mol. The molecule has 0 atom stereocenters. The fraction of sp³-hybridized carbons (Fsp3) is 0.200. The van der Waals surface area contributed by atoms with Gasteiger partial charge in [0, 0.05) is 29.3 Å². The number of carbonyl (C=O) groups excluding carboxylic acids is 1. The van der Waals surface area contributed by atoms with E-state index in [0.29, 0.717) is 11.4 Å². The van der Waals surface area contributed by atoms with E-state index in [-0.39, 0.29) is 17.6 Å². The van der Waals surface area contributed by atoms with Crippen LogP contribution in [-0.4, -0.2) is 15.5 Å². The van der Waals surface area contributed by atoms with Gasteiger partial charge in [-0.05, 0) is 55.7 Å². The molecule has 4 nitrogen and oxygen atoms in total. The van der Waals surface area contributed by atoms with Crippen molar-refractivity contribution in [2.75, 3.05) is 5.32 Å². The smallest absolute Gasteiger partial charge is 0.228 e. The molecule has 25 heavy (non-hydrogen) atoms. The number of aromatic nitrogens is 2. The molecule has 1 aliphatic carbocycles. The third kappa shape index (κ3) is 3.11. The van der Waals surface area contributed by atoms with Gasteiger partial charge >= 0.3 is 0 Å². The highest BCUT2D eigenvalue weighted by molar-refractivity contribution is 5.93. The van der Waals surface area contributed by atoms with Crippen LogP contribution in [0.2, 0.25) is 0 Å². The van der Waals surface area contributed by atoms with Gasteiger partial charge in [0.25, 0.3) is 0 Å². The summed E-state index contributed by atoms with van der Waals surface area (Å²) in [6.07, 6.45) is 3.65. The number of pyridine rings is 1. The fourth-order valence-electron chi connectivity index (χ4n) is 2.77. The van der Waals surface area contributed by atoms with E-state index in [4.69, 9.17) is 0 Å². The van der Waals surface area contributed by atoms with Crippen molar-refractivity contribution in [2.24, 2.45) is 5.92 Å². The zero-order valence-corrected chi connectivity index (χ0v) is 13.7. The molecule has 1 aromatic carbocycles. The van der Waals surface area contributed by atoms with Crippen LogP contribution in [-0.2, 0) is 4.79 Å². The number of fused-ring (bicyclic) bond motifs is 1. The standard InChI is InChI=1S/C20H16FN3O/c1-2-3-13-4-7-18(21)17(10-13)15-8-9-24-16(11-15)12-19(23-24)22-20(25)14-5-6-14/h4,7-12,14H,5-6H2,1H3,(H,22,23,25). The van der Waals surface area contributed by atoms with Crippen molar-refractivity contribution in [3.8, 4) is 23.0 Å². The van der Waals surface area contributed by atoms with Crippen molar-refractivity contribution in [1.29, 1.82) is 0 Å². The summed E-state index contributed by atoms with van der Waals surface area (Å²) in [6.45, 7) is 1.75. The molecule has 1 fully saturated rings. The van der Waals surface area contributed by atoms with Crippen LogP contribution in [0.25, 0.3) is 16.6 Å². The number of carbonyl (C=O) groups is 1. The van der Waals surface area contributed by atoms with Gasteiger partial charge in [0.15, 0.2) is 5.82 Å². The zero-order valence-electron chi connectivity index (χ0n) is 13.7. The van der Waals surface area contributed by atoms with Crippen LogP contribution in [0.5, 0.6) is 0 Å². The normalized spacial score (nSPS) is 13.4. The molecule has 1 amide bonds. The summed E-state index contributed by atoms with van der Waals surface area (Å²) in [5, 5.41) is 7.16. The lowest BCUT2D eigenvalue weighted by Gasteiger charge is -2.05. The maximum absolute atomic E-state index is 14.2. The van der Waals surface area contributed by atoms with Gasteiger partial charge in [0.05, 0.1) is 5.52 Å². The number of hydrogen-bond acceptors (Lipinski definition) is 2. The van der Waals surface area contributed by atoms with Crippen molar-refractivity contribution in [3.63, 3.8) is 0 Å². The second-order valence-electron chi connectivity index (χ2n) is 6.15. The van der Waals surface area contributed by atoms with Gasteiger partial charge in [-0.15, -0.1) is 5.92 Å². The highest BCUT2D eigenvalue weighted by Gasteiger charge is 2.30. The van der Waals surface area contributed by atoms with Crippen LogP contribution in [0.4, 0.5) is 10.2 Å². The predicted octanol–water partition coefficient (Wildman–Crippen LogP) is 3.86. The molecule has 124 valence electrons. The highest BCUT2D eigenvalue weighted by Crippen LogP contribution is 2.30. The Labute approximate surface area is 144 Å². The van der Waals surface area contributed by atoms with Crippen LogP contribution in [0.3, 0.4) is 0 Å². The summed E-state index contributed by atoms with van der Waals surface area (Å²) in [5.74, 6) is 6.12. The highest BCUT2D eigenvalue weighted by atomic mass is 19.1. The number of nitrogens with one attached hydrogen (secondary N) is 1. The van der Waals surface area contributed by atoms with Crippen LogP contribution < -0.4 is 5.32 Å². The first-order chi connectivity index (χ1) is 12.1. The van der Waals surface area contributed by atoms with Gasteiger partial charge < -0.3 is 5.32 Å². The van der Waals surface area contributed by atoms with E-state index in [0.717, 1.165) is 29.5 Å². The Balaban J connectivity index is 1.69.